The van der Waals surface area contributed by atoms with Crippen molar-refractivity contribution in [1.29, 1.82) is 0 Å². The van der Waals surface area contributed by atoms with Crippen molar-refractivity contribution in [2.24, 2.45) is 0 Å². The van der Waals surface area contributed by atoms with E-state index in [1.807, 2.05) is 12.5 Å². The van der Waals surface area contributed by atoms with E-state index in [0.29, 0.717) is 0 Å². The zero-order valence-electron chi connectivity index (χ0n) is 13.1. The first-order valence-corrected chi connectivity index (χ1v) is 7.36. The minimum Gasteiger partial charge on any atom is -0.501 e. The Hall–Kier alpha value is -1.70. The lowest BCUT2D eigenvalue weighted by atomic mass is 10.0. The van der Waals surface area contributed by atoms with Gasteiger partial charge in [-0.05, 0) is 55.0 Å². The fraction of sp³-hybridized carbons (Fsp3) is 0.444. The van der Waals surface area contributed by atoms with Gasteiger partial charge in [-0.1, -0.05) is 32.0 Å². The van der Waals surface area contributed by atoms with Crippen molar-refractivity contribution in [3.05, 3.63) is 47.9 Å². The number of hydrogen-bond donors (Lipinski definition) is 0. The lowest BCUT2D eigenvalue weighted by Crippen LogP contribution is -1.89. The minimum atomic E-state index is 0.765. The summed E-state index contributed by atoms with van der Waals surface area (Å²) < 4.78 is 11.0. The second kappa shape index (κ2) is 9.24. The fourth-order valence-corrected chi connectivity index (χ4v) is 1.75. The highest BCUT2D eigenvalue weighted by Gasteiger charge is 2.01. The van der Waals surface area contributed by atoms with Gasteiger partial charge in [0.15, 0.2) is 0 Å². The summed E-state index contributed by atoms with van der Waals surface area (Å²) in [6.45, 7) is 9.88. The predicted molar refractivity (Wildman–Crippen MR) is 86.2 cm³/mol. The number of benzene rings is 1. The Labute approximate surface area is 123 Å². The van der Waals surface area contributed by atoms with Crippen molar-refractivity contribution >= 4 is 11.1 Å². The van der Waals surface area contributed by atoms with Crippen LogP contribution >= 0.6 is 0 Å². The van der Waals surface area contributed by atoms with E-state index in [-0.39, 0.29) is 0 Å². The first-order chi connectivity index (χ1) is 9.69. The normalized spacial score (nSPS) is 12.4. The molecule has 0 aliphatic carbocycles. The Kier molecular flexibility index (Phi) is 7.56. The zero-order chi connectivity index (χ0) is 14.8. The Morgan fingerprint density at radius 3 is 1.75 bits per heavy atom. The van der Waals surface area contributed by atoms with Crippen molar-refractivity contribution in [1.82, 2.24) is 0 Å². The van der Waals surface area contributed by atoms with Gasteiger partial charge in [-0.2, -0.15) is 0 Å². The van der Waals surface area contributed by atoms with Crippen LogP contribution in [0.1, 0.15) is 51.7 Å². The molecule has 0 aliphatic heterocycles. The summed E-state index contributed by atoms with van der Waals surface area (Å²) in [6.07, 6.45) is 5.74. The Morgan fingerprint density at radius 2 is 1.35 bits per heavy atom. The van der Waals surface area contributed by atoms with Gasteiger partial charge in [0.2, 0.25) is 0 Å². The Bertz CT molecular complexity index is 419. The second-order valence-electron chi connectivity index (χ2n) is 4.92. The molecule has 0 fully saturated rings. The van der Waals surface area contributed by atoms with Crippen LogP contribution in [0.3, 0.4) is 0 Å². The highest BCUT2D eigenvalue weighted by molar-refractivity contribution is 5.70. The van der Waals surface area contributed by atoms with E-state index < -0.39 is 0 Å². The maximum atomic E-state index is 5.48. The highest BCUT2D eigenvalue weighted by Crippen LogP contribution is 2.20. The van der Waals surface area contributed by atoms with Crippen molar-refractivity contribution in [3.63, 3.8) is 0 Å². The topological polar surface area (TPSA) is 18.5 Å². The summed E-state index contributed by atoms with van der Waals surface area (Å²) >= 11 is 0. The molecule has 0 heterocycles. The van der Waals surface area contributed by atoms with E-state index in [9.17, 15) is 0 Å². The fourth-order valence-electron chi connectivity index (χ4n) is 1.75. The van der Waals surface area contributed by atoms with Crippen LogP contribution in [0.4, 0.5) is 0 Å². The second-order valence-corrected chi connectivity index (χ2v) is 4.92. The quantitative estimate of drug-likeness (QED) is 0.475. The lowest BCUT2D eigenvalue weighted by molar-refractivity contribution is 0.251. The summed E-state index contributed by atoms with van der Waals surface area (Å²) in [6, 6.07) is 8.44. The van der Waals surface area contributed by atoms with Crippen LogP contribution in [-0.2, 0) is 9.47 Å². The highest BCUT2D eigenvalue weighted by atomic mass is 16.5. The molecule has 20 heavy (non-hydrogen) atoms. The Morgan fingerprint density at radius 1 is 0.900 bits per heavy atom. The molecule has 0 N–H and O–H groups in total. The average molecular weight is 274 g/mol. The van der Waals surface area contributed by atoms with Gasteiger partial charge in [-0.3, -0.25) is 0 Å². The van der Waals surface area contributed by atoms with Gasteiger partial charge >= 0.3 is 0 Å². The molecule has 2 heteroatoms. The molecule has 1 aromatic rings. The molecule has 0 radical (unpaired) electrons. The first kappa shape index (κ1) is 16.4. The molecular weight excluding hydrogens is 248 g/mol. The van der Waals surface area contributed by atoms with Crippen LogP contribution in [-0.4, -0.2) is 13.2 Å². The molecule has 1 aromatic carbocycles. The van der Waals surface area contributed by atoms with Gasteiger partial charge in [0.05, 0.1) is 25.7 Å². The predicted octanol–water partition coefficient (Wildman–Crippen LogP) is 5.26. The SMILES string of the molecule is CCCO/C=C(\C)c1cccc(/C(C)=C/OCCC)c1. The van der Waals surface area contributed by atoms with E-state index >= 15 is 0 Å². The molecule has 0 aromatic heterocycles. The number of rotatable bonds is 8. The average Bonchev–Trinajstić information content (AvgIpc) is 2.47. The molecule has 0 atom stereocenters. The van der Waals surface area contributed by atoms with Crippen molar-refractivity contribution < 1.29 is 9.47 Å². The molecule has 1 rings (SSSR count). The van der Waals surface area contributed by atoms with Crippen LogP contribution in [0.5, 0.6) is 0 Å². The van der Waals surface area contributed by atoms with E-state index in [1.165, 1.54) is 11.1 Å². The molecule has 0 unspecified atom stereocenters. The summed E-state index contributed by atoms with van der Waals surface area (Å²) in [4.78, 5) is 0. The summed E-state index contributed by atoms with van der Waals surface area (Å²) in [5, 5.41) is 0. The maximum Gasteiger partial charge on any atom is 0.0870 e. The van der Waals surface area contributed by atoms with Gasteiger partial charge in [-0.15, -0.1) is 0 Å². The van der Waals surface area contributed by atoms with Gasteiger partial charge < -0.3 is 9.47 Å². The standard InChI is InChI=1S/C18H26O2/c1-5-10-19-13-15(3)17-8-7-9-18(12-17)16(4)14-20-11-6-2/h7-9,12-14H,5-6,10-11H2,1-4H3/b15-13+,16-14+. The van der Waals surface area contributed by atoms with Crippen LogP contribution in [0, 0.1) is 0 Å². The number of hydrogen-bond acceptors (Lipinski definition) is 2. The van der Waals surface area contributed by atoms with Gasteiger partial charge in [0, 0.05) is 0 Å². The summed E-state index contributed by atoms with van der Waals surface area (Å²) in [7, 11) is 0. The minimum absolute atomic E-state index is 0.765. The van der Waals surface area contributed by atoms with E-state index in [1.54, 1.807) is 0 Å². The smallest absolute Gasteiger partial charge is 0.0870 e. The molecule has 0 bridgehead atoms. The molecule has 0 saturated carbocycles. The third kappa shape index (κ3) is 5.52. The molecular formula is C18H26O2. The zero-order valence-corrected chi connectivity index (χ0v) is 13.1. The van der Waals surface area contributed by atoms with E-state index in [4.69, 9.17) is 9.47 Å². The monoisotopic (exact) mass is 274 g/mol. The number of ether oxygens (including phenoxy) is 2. The summed E-state index contributed by atoms with van der Waals surface area (Å²) in [5.74, 6) is 0. The van der Waals surface area contributed by atoms with E-state index in [2.05, 4.69) is 52.0 Å². The first-order valence-electron chi connectivity index (χ1n) is 7.36. The third-order valence-electron chi connectivity index (χ3n) is 2.94. The molecule has 0 aliphatic rings. The maximum absolute atomic E-state index is 5.48. The molecule has 0 spiro atoms. The van der Waals surface area contributed by atoms with Crippen molar-refractivity contribution in [2.75, 3.05) is 13.2 Å². The van der Waals surface area contributed by atoms with Crippen LogP contribution in [0.2, 0.25) is 0 Å². The van der Waals surface area contributed by atoms with Crippen LogP contribution in [0.15, 0.2) is 36.8 Å². The number of allylic oxidation sites excluding steroid dienone is 2. The van der Waals surface area contributed by atoms with Crippen molar-refractivity contribution in [2.45, 2.75) is 40.5 Å². The largest absolute Gasteiger partial charge is 0.501 e. The van der Waals surface area contributed by atoms with Crippen molar-refractivity contribution in [3.8, 4) is 0 Å². The van der Waals surface area contributed by atoms with Gasteiger partial charge in [-0.25, -0.2) is 0 Å². The lowest BCUT2D eigenvalue weighted by Gasteiger charge is -2.07. The summed E-state index contributed by atoms with van der Waals surface area (Å²) in [5.41, 5.74) is 4.65. The van der Waals surface area contributed by atoms with E-state index in [0.717, 1.165) is 37.2 Å². The van der Waals surface area contributed by atoms with Gasteiger partial charge in [0.1, 0.15) is 0 Å². The van der Waals surface area contributed by atoms with Crippen LogP contribution in [0.25, 0.3) is 11.1 Å². The molecule has 2 nitrogen and oxygen atoms in total. The Balaban J connectivity index is 2.79. The van der Waals surface area contributed by atoms with Crippen LogP contribution < -0.4 is 0 Å². The molecule has 110 valence electrons. The molecule has 0 amide bonds. The third-order valence-corrected chi connectivity index (χ3v) is 2.94. The van der Waals surface area contributed by atoms with Gasteiger partial charge in [0.25, 0.3) is 0 Å². The molecule has 0 saturated heterocycles.